The molecule has 0 radical (unpaired) electrons. The van der Waals surface area contributed by atoms with E-state index >= 15 is 0 Å². The summed E-state index contributed by atoms with van der Waals surface area (Å²) in [6.45, 7) is 1.07. The maximum absolute atomic E-state index is 10.9. The van der Waals surface area contributed by atoms with Crippen LogP contribution in [0.15, 0.2) is 0 Å². The molecule has 0 fully saturated rings. The Morgan fingerprint density at radius 2 is 1.76 bits per heavy atom. The summed E-state index contributed by atoms with van der Waals surface area (Å²) in [5.41, 5.74) is -1.15. The van der Waals surface area contributed by atoms with Crippen molar-refractivity contribution in [3.63, 3.8) is 0 Å². The molecule has 0 rings (SSSR count). The molecule has 0 aromatic carbocycles. The van der Waals surface area contributed by atoms with E-state index < -0.39 is 21.2 Å². The van der Waals surface area contributed by atoms with Crippen molar-refractivity contribution in [2.45, 2.75) is 18.9 Å². The standard InChI is InChI=1S/C5H13BrO8P2.Na/c1-5(7,4-6)2-3-13-16(11,12)14-15(8,9)10;/h7H,2-4H2,1H3,(H,11,12)(H2,8,9,10);/q;+1. The molecule has 17 heavy (non-hydrogen) atoms. The van der Waals surface area contributed by atoms with E-state index in [9.17, 15) is 14.2 Å². The zero-order valence-electron chi connectivity index (χ0n) is 9.32. The third-order valence-corrected chi connectivity index (χ3v) is 4.79. The van der Waals surface area contributed by atoms with E-state index in [0.29, 0.717) is 0 Å². The van der Waals surface area contributed by atoms with Crippen LogP contribution < -0.4 is 29.6 Å². The van der Waals surface area contributed by atoms with Gasteiger partial charge in [-0.2, -0.15) is 4.31 Å². The van der Waals surface area contributed by atoms with Gasteiger partial charge in [-0.05, 0) is 6.92 Å². The van der Waals surface area contributed by atoms with Crippen molar-refractivity contribution in [3.8, 4) is 0 Å². The molecule has 0 aliphatic heterocycles. The van der Waals surface area contributed by atoms with Crippen molar-refractivity contribution >= 4 is 31.6 Å². The quantitative estimate of drug-likeness (QED) is 0.226. The Morgan fingerprint density at radius 1 is 1.29 bits per heavy atom. The largest absolute Gasteiger partial charge is 1.00 e. The van der Waals surface area contributed by atoms with Crippen LogP contribution in [-0.4, -0.2) is 37.3 Å². The number of aliphatic hydroxyl groups is 1. The predicted octanol–water partition coefficient (Wildman–Crippen LogP) is -2.25. The average molecular weight is 366 g/mol. The predicted molar refractivity (Wildman–Crippen MR) is 57.9 cm³/mol. The number of hydrogen-bond acceptors (Lipinski definition) is 5. The Bertz CT molecular complexity index is 317. The monoisotopic (exact) mass is 365 g/mol. The van der Waals surface area contributed by atoms with Crippen LogP contribution in [0, 0.1) is 0 Å². The number of halogens is 1. The SMILES string of the molecule is CC(O)(CBr)CCOP(=O)(O)OP(=O)(O)O.[Na+]. The molecule has 4 N–H and O–H groups in total. The van der Waals surface area contributed by atoms with Crippen molar-refractivity contribution in [2.24, 2.45) is 0 Å². The molecule has 0 aromatic rings. The van der Waals surface area contributed by atoms with Crippen molar-refractivity contribution < 1.29 is 67.3 Å². The van der Waals surface area contributed by atoms with E-state index in [-0.39, 0.29) is 47.9 Å². The van der Waals surface area contributed by atoms with Crippen molar-refractivity contribution in [1.82, 2.24) is 0 Å². The first-order chi connectivity index (χ1) is 6.97. The minimum Gasteiger partial charge on any atom is -0.389 e. The molecule has 0 aromatic heterocycles. The summed E-state index contributed by atoms with van der Waals surface area (Å²) in [6.07, 6.45) is -0.00663. The number of phosphoric ester groups is 1. The fourth-order valence-electron chi connectivity index (χ4n) is 0.606. The molecule has 0 aliphatic carbocycles. The molecule has 0 saturated heterocycles. The zero-order valence-corrected chi connectivity index (χ0v) is 14.7. The molecule has 0 amide bonds. The van der Waals surface area contributed by atoms with Gasteiger partial charge in [-0.15, -0.1) is 0 Å². The summed E-state index contributed by atoms with van der Waals surface area (Å²) in [5, 5.41) is 9.68. The maximum Gasteiger partial charge on any atom is 1.00 e. The fourth-order valence-corrected chi connectivity index (χ4v) is 2.47. The van der Waals surface area contributed by atoms with Gasteiger partial charge in [0.2, 0.25) is 0 Å². The third-order valence-electron chi connectivity index (χ3n) is 1.39. The van der Waals surface area contributed by atoms with E-state index in [2.05, 4.69) is 24.8 Å². The molecule has 12 heteroatoms. The molecular weight excluding hydrogens is 353 g/mol. The maximum atomic E-state index is 10.9. The Morgan fingerprint density at radius 3 is 2.12 bits per heavy atom. The summed E-state index contributed by atoms with van der Waals surface area (Å²) < 4.78 is 29.0. The fraction of sp³-hybridized carbons (Fsp3) is 1.00. The van der Waals surface area contributed by atoms with E-state index in [1.165, 1.54) is 6.92 Å². The summed E-state index contributed by atoms with van der Waals surface area (Å²) in [5.74, 6) is 0. The number of rotatable bonds is 7. The molecule has 0 bridgehead atoms. The summed E-state index contributed by atoms with van der Waals surface area (Å²) in [7, 11) is -9.89. The van der Waals surface area contributed by atoms with E-state index in [0.717, 1.165) is 0 Å². The first-order valence-corrected chi connectivity index (χ1v) is 8.15. The Labute approximate surface area is 129 Å². The van der Waals surface area contributed by atoms with Crippen LogP contribution in [0.25, 0.3) is 0 Å². The first-order valence-electron chi connectivity index (χ1n) is 4.00. The van der Waals surface area contributed by atoms with Gasteiger partial charge in [0.1, 0.15) is 0 Å². The van der Waals surface area contributed by atoms with Crippen LogP contribution in [0.3, 0.4) is 0 Å². The second-order valence-corrected chi connectivity index (χ2v) is 6.64. The molecule has 0 spiro atoms. The molecule has 0 heterocycles. The molecule has 8 nitrogen and oxygen atoms in total. The molecule has 0 aliphatic rings. The van der Waals surface area contributed by atoms with Crippen molar-refractivity contribution in [3.05, 3.63) is 0 Å². The van der Waals surface area contributed by atoms with Gasteiger partial charge in [0, 0.05) is 11.8 Å². The molecule has 0 saturated carbocycles. The Balaban J connectivity index is 0. The summed E-state index contributed by atoms with van der Waals surface area (Å²) in [4.78, 5) is 25.4. The van der Waals surface area contributed by atoms with E-state index in [4.69, 9.17) is 14.7 Å². The molecule has 98 valence electrons. The number of phosphoric acid groups is 2. The molecular formula is C5H13BrNaO8P2+. The minimum atomic E-state index is -5.08. The van der Waals surface area contributed by atoms with Crippen molar-refractivity contribution in [1.29, 1.82) is 0 Å². The van der Waals surface area contributed by atoms with E-state index in [1.807, 2.05) is 0 Å². The topological polar surface area (TPSA) is 134 Å². The second-order valence-electron chi connectivity index (χ2n) is 3.25. The van der Waals surface area contributed by atoms with Gasteiger partial charge in [0.15, 0.2) is 0 Å². The van der Waals surface area contributed by atoms with Gasteiger partial charge < -0.3 is 19.8 Å². The van der Waals surface area contributed by atoms with Crippen LogP contribution in [0.1, 0.15) is 13.3 Å². The van der Waals surface area contributed by atoms with Crippen LogP contribution >= 0.6 is 31.6 Å². The van der Waals surface area contributed by atoms with Gasteiger partial charge >= 0.3 is 45.2 Å². The minimum absolute atomic E-state index is 0. The normalized spacial score (nSPS) is 18.9. The number of hydrogen-bond donors (Lipinski definition) is 4. The summed E-state index contributed by atoms with van der Waals surface area (Å²) >= 11 is 3.01. The van der Waals surface area contributed by atoms with Crippen molar-refractivity contribution in [2.75, 3.05) is 11.9 Å². The zero-order chi connectivity index (χ0) is 13.0. The Hall–Kier alpha value is 1.70. The van der Waals surface area contributed by atoms with E-state index in [1.54, 1.807) is 0 Å². The smallest absolute Gasteiger partial charge is 0.389 e. The van der Waals surface area contributed by atoms with Gasteiger partial charge in [-0.3, -0.25) is 4.52 Å². The Kier molecular flexibility index (Phi) is 10.00. The van der Waals surface area contributed by atoms with Gasteiger partial charge in [-0.25, -0.2) is 9.13 Å². The van der Waals surface area contributed by atoms with Crippen LogP contribution in [-0.2, 0) is 18.0 Å². The third kappa shape index (κ3) is 12.5. The second kappa shape index (κ2) is 8.09. The van der Waals surface area contributed by atoms with Crippen LogP contribution in [0.5, 0.6) is 0 Å². The number of alkyl halides is 1. The summed E-state index contributed by atoms with van der Waals surface area (Å²) in [6, 6.07) is 0. The molecule has 2 unspecified atom stereocenters. The molecule has 2 atom stereocenters. The van der Waals surface area contributed by atoms with Gasteiger partial charge in [-0.1, -0.05) is 15.9 Å². The van der Waals surface area contributed by atoms with Crippen LogP contribution in [0.4, 0.5) is 0 Å². The van der Waals surface area contributed by atoms with Crippen LogP contribution in [0.2, 0.25) is 0 Å². The average Bonchev–Trinajstić information content (AvgIpc) is 1.98. The van der Waals surface area contributed by atoms with Gasteiger partial charge in [0.25, 0.3) is 0 Å². The first kappa shape index (κ1) is 21.0. The van der Waals surface area contributed by atoms with Gasteiger partial charge in [0.05, 0.1) is 12.2 Å².